The first-order valence-electron chi connectivity index (χ1n) is 8.45. The summed E-state index contributed by atoms with van der Waals surface area (Å²) in [5.41, 5.74) is 2.25. The van der Waals surface area contributed by atoms with Gasteiger partial charge in [0.05, 0.1) is 13.0 Å². The number of likely N-dealkylation sites (tertiary alicyclic amines) is 1. The van der Waals surface area contributed by atoms with Crippen molar-refractivity contribution in [1.82, 2.24) is 20.4 Å². The Bertz CT molecular complexity index is 698. The summed E-state index contributed by atoms with van der Waals surface area (Å²) < 4.78 is 5.02. The number of rotatable bonds is 5. The monoisotopic (exact) mass is 328 g/mol. The molecule has 2 aromatic rings. The van der Waals surface area contributed by atoms with Crippen LogP contribution in [0.5, 0.6) is 0 Å². The number of amides is 1. The SMILES string of the molecule is Cc1nc(CN2CCCC(NC(=O)Cc3ccccc3C)C2)no1. The van der Waals surface area contributed by atoms with E-state index in [2.05, 4.69) is 20.4 Å². The van der Waals surface area contributed by atoms with Gasteiger partial charge in [-0.1, -0.05) is 29.4 Å². The number of piperidine rings is 1. The third-order valence-electron chi connectivity index (χ3n) is 4.42. The number of hydrogen-bond acceptors (Lipinski definition) is 5. The number of hydrogen-bond donors (Lipinski definition) is 1. The van der Waals surface area contributed by atoms with Gasteiger partial charge in [-0.05, 0) is 37.4 Å². The van der Waals surface area contributed by atoms with Gasteiger partial charge in [0.25, 0.3) is 0 Å². The molecule has 0 bridgehead atoms. The van der Waals surface area contributed by atoms with E-state index in [1.54, 1.807) is 6.92 Å². The zero-order chi connectivity index (χ0) is 16.9. The second-order valence-electron chi connectivity index (χ2n) is 6.47. The second-order valence-corrected chi connectivity index (χ2v) is 6.47. The summed E-state index contributed by atoms with van der Waals surface area (Å²) in [6.45, 7) is 6.32. The van der Waals surface area contributed by atoms with Crippen LogP contribution in [0.2, 0.25) is 0 Å². The van der Waals surface area contributed by atoms with Crippen LogP contribution in [0.1, 0.15) is 35.7 Å². The molecule has 2 heterocycles. The summed E-state index contributed by atoms with van der Waals surface area (Å²) in [4.78, 5) is 18.9. The standard InChI is InChI=1S/C18H24N4O2/c1-13-6-3-4-7-15(13)10-18(23)20-16-8-5-9-22(11-16)12-17-19-14(2)24-21-17/h3-4,6-7,16H,5,8-12H2,1-2H3,(H,20,23). The van der Waals surface area contributed by atoms with E-state index in [9.17, 15) is 4.79 Å². The summed E-state index contributed by atoms with van der Waals surface area (Å²) >= 11 is 0. The molecule has 1 amide bonds. The average molecular weight is 328 g/mol. The van der Waals surface area contributed by atoms with Gasteiger partial charge < -0.3 is 9.84 Å². The van der Waals surface area contributed by atoms with Gasteiger partial charge in [0.1, 0.15) is 0 Å². The predicted octanol–water partition coefficient (Wildman–Crippen LogP) is 2.01. The lowest BCUT2D eigenvalue weighted by molar-refractivity contribution is -0.121. The minimum absolute atomic E-state index is 0.0894. The highest BCUT2D eigenvalue weighted by molar-refractivity contribution is 5.79. The molecule has 1 saturated heterocycles. The first kappa shape index (κ1) is 16.6. The van der Waals surface area contributed by atoms with Crippen molar-refractivity contribution in [3.8, 4) is 0 Å². The maximum absolute atomic E-state index is 12.3. The van der Waals surface area contributed by atoms with Crippen molar-refractivity contribution in [2.45, 2.75) is 45.7 Å². The first-order chi connectivity index (χ1) is 11.6. The number of aromatic nitrogens is 2. The summed E-state index contributed by atoms with van der Waals surface area (Å²) in [6.07, 6.45) is 2.51. The highest BCUT2D eigenvalue weighted by Crippen LogP contribution is 2.13. The van der Waals surface area contributed by atoms with E-state index in [-0.39, 0.29) is 11.9 Å². The molecule has 0 saturated carbocycles. The molecule has 1 aromatic carbocycles. The van der Waals surface area contributed by atoms with Crippen molar-refractivity contribution in [3.63, 3.8) is 0 Å². The third-order valence-corrected chi connectivity index (χ3v) is 4.42. The van der Waals surface area contributed by atoms with E-state index < -0.39 is 0 Å². The fourth-order valence-corrected chi connectivity index (χ4v) is 3.18. The van der Waals surface area contributed by atoms with Gasteiger partial charge in [-0.2, -0.15) is 4.98 Å². The number of aryl methyl sites for hydroxylation is 2. The molecular formula is C18H24N4O2. The minimum atomic E-state index is 0.0894. The van der Waals surface area contributed by atoms with Crippen LogP contribution in [0, 0.1) is 13.8 Å². The number of nitrogens with one attached hydrogen (secondary N) is 1. The molecule has 24 heavy (non-hydrogen) atoms. The molecule has 6 heteroatoms. The van der Waals surface area contributed by atoms with Gasteiger partial charge in [0.2, 0.25) is 11.8 Å². The summed E-state index contributed by atoms with van der Waals surface area (Å²) in [6, 6.07) is 8.21. The number of carbonyl (C=O) groups excluding carboxylic acids is 1. The smallest absolute Gasteiger partial charge is 0.224 e. The fraction of sp³-hybridized carbons (Fsp3) is 0.500. The van der Waals surface area contributed by atoms with Crippen LogP contribution in [-0.2, 0) is 17.8 Å². The Labute approximate surface area is 142 Å². The second kappa shape index (κ2) is 7.57. The molecule has 1 aliphatic heterocycles. The van der Waals surface area contributed by atoms with Crippen LogP contribution >= 0.6 is 0 Å². The Balaban J connectivity index is 1.51. The van der Waals surface area contributed by atoms with E-state index in [0.29, 0.717) is 24.7 Å². The van der Waals surface area contributed by atoms with Crippen molar-refractivity contribution in [2.24, 2.45) is 0 Å². The Morgan fingerprint density at radius 3 is 2.96 bits per heavy atom. The van der Waals surface area contributed by atoms with Crippen LogP contribution in [-0.4, -0.2) is 40.1 Å². The van der Waals surface area contributed by atoms with Crippen LogP contribution in [0.3, 0.4) is 0 Å². The molecule has 1 fully saturated rings. The topological polar surface area (TPSA) is 71.3 Å². The summed E-state index contributed by atoms with van der Waals surface area (Å²) in [5.74, 6) is 1.39. The van der Waals surface area contributed by atoms with Crippen molar-refractivity contribution < 1.29 is 9.32 Å². The van der Waals surface area contributed by atoms with Crippen LogP contribution in [0.15, 0.2) is 28.8 Å². The Morgan fingerprint density at radius 1 is 1.38 bits per heavy atom. The van der Waals surface area contributed by atoms with E-state index >= 15 is 0 Å². The van der Waals surface area contributed by atoms with Gasteiger partial charge in [-0.25, -0.2) is 0 Å². The largest absolute Gasteiger partial charge is 0.352 e. The highest BCUT2D eigenvalue weighted by atomic mass is 16.5. The quantitative estimate of drug-likeness (QED) is 0.909. The van der Waals surface area contributed by atoms with Crippen LogP contribution in [0.25, 0.3) is 0 Å². The van der Waals surface area contributed by atoms with Crippen molar-refractivity contribution in [1.29, 1.82) is 0 Å². The van der Waals surface area contributed by atoms with Crippen molar-refractivity contribution in [3.05, 3.63) is 47.1 Å². The summed E-state index contributed by atoms with van der Waals surface area (Å²) in [5, 5.41) is 7.12. The minimum Gasteiger partial charge on any atom is -0.352 e. The number of carbonyl (C=O) groups is 1. The number of nitrogens with zero attached hydrogens (tertiary/aromatic N) is 3. The van der Waals surface area contributed by atoms with Gasteiger partial charge in [0.15, 0.2) is 5.82 Å². The molecule has 1 aromatic heterocycles. The molecular weight excluding hydrogens is 304 g/mol. The van der Waals surface area contributed by atoms with Gasteiger partial charge in [0, 0.05) is 19.5 Å². The summed E-state index contributed by atoms with van der Waals surface area (Å²) in [7, 11) is 0. The van der Waals surface area contributed by atoms with E-state index in [4.69, 9.17) is 4.52 Å². The Morgan fingerprint density at radius 2 is 2.21 bits per heavy atom. The number of benzene rings is 1. The maximum atomic E-state index is 12.3. The first-order valence-corrected chi connectivity index (χ1v) is 8.45. The van der Waals surface area contributed by atoms with Crippen LogP contribution in [0.4, 0.5) is 0 Å². The van der Waals surface area contributed by atoms with E-state index in [0.717, 1.165) is 37.1 Å². The predicted molar refractivity (Wildman–Crippen MR) is 90.4 cm³/mol. The molecule has 3 rings (SSSR count). The molecule has 0 spiro atoms. The lowest BCUT2D eigenvalue weighted by atomic mass is 10.0. The van der Waals surface area contributed by atoms with Gasteiger partial charge in [-0.3, -0.25) is 9.69 Å². The molecule has 1 atom stereocenters. The third kappa shape index (κ3) is 4.41. The zero-order valence-electron chi connectivity index (χ0n) is 14.3. The van der Waals surface area contributed by atoms with Crippen molar-refractivity contribution >= 4 is 5.91 Å². The van der Waals surface area contributed by atoms with Crippen molar-refractivity contribution in [2.75, 3.05) is 13.1 Å². The zero-order valence-corrected chi connectivity index (χ0v) is 14.3. The Hall–Kier alpha value is -2.21. The van der Waals surface area contributed by atoms with E-state index in [1.165, 1.54) is 0 Å². The molecule has 0 radical (unpaired) electrons. The van der Waals surface area contributed by atoms with Gasteiger partial charge in [-0.15, -0.1) is 0 Å². The molecule has 0 aliphatic carbocycles. The molecule has 1 unspecified atom stereocenters. The molecule has 6 nitrogen and oxygen atoms in total. The molecule has 1 N–H and O–H groups in total. The maximum Gasteiger partial charge on any atom is 0.224 e. The lowest BCUT2D eigenvalue weighted by Gasteiger charge is -2.32. The normalized spacial score (nSPS) is 18.5. The highest BCUT2D eigenvalue weighted by Gasteiger charge is 2.22. The average Bonchev–Trinajstić information content (AvgIpc) is 2.95. The van der Waals surface area contributed by atoms with Crippen LogP contribution < -0.4 is 5.32 Å². The lowest BCUT2D eigenvalue weighted by Crippen LogP contribution is -2.47. The van der Waals surface area contributed by atoms with Gasteiger partial charge >= 0.3 is 0 Å². The molecule has 1 aliphatic rings. The van der Waals surface area contributed by atoms with E-state index in [1.807, 2.05) is 31.2 Å². The Kier molecular flexibility index (Phi) is 5.25. The molecule has 128 valence electrons. The fourth-order valence-electron chi connectivity index (χ4n) is 3.18.